The van der Waals surface area contributed by atoms with Crippen LogP contribution >= 0.6 is 0 Å². The first-order chi connectivity index (χ1) is 26.0. The van der Waals surface area contributed by atoms with Crippen LogP contribution in [-0.2, 0) is 19.8 Å². The van der Waals surface area contributed by atoms with Gasteiger partial charge in [0.05, 0.1) is 27.2 Å². The predicted octanol–water partition coefficient (Wildman–Crippen LogP) is 5.38. The van der Waals surface area contributed by atoms with Crippen molar-refractivity contribution in [3.05, 3.63) is 144 Å². The molecule has 4 aromatic carbocycles. The largest absolute Gasteiger partial charge is 0.497 e. The number of hydrogen-bond donors (Lipinski definition) is 2. The van der Waals surface area contributed by atoms with Gasteiger partial charge in [-0.3, -0.25) is 9.36 Å². The smallest absolute Gasteiger partial charge is 0.256 e. The highest BCUT2D eigenvalue weighted by atomic mass is 16.6. The van der Waals surface area contributed by atoms with Gasteiger partial charge in [0.1, 0.15) is 48.3 Å². The summed E-state index contributed by atoms with van der Waals surface area (Å²) < 4.78 is 32.2. The molecule has 0 radical (unpaired) electrons. The highest BCUT2D eigenvalue weighted by molar-refractivity contribution is 6.06. The third-order valence-corrected chi connectivity index (χ3v) is 9.21. The topological polar surface area (TPSA) is 139 Å². The van der Waals surface area contributed by atoms with Gasteiger partial charge in [-0.25, -0.2) is 15.0 Å². The number of aliphatic hydroxyl groups excluding tert-OH is 1. The monoisotopic (exact) mass is 711 g/mol. The third-order valence-electron chi connectivity index (χ3n) is 9.21. The van der Waals surface area contributed by atoms with Crippen molar-refractivity contribution in [3.63, 3.8) is 0 Å². The number of nitrogens with zero attached hydrogens (tertiary/aromatic N) is 4. The molecule has 0 spiro atoms. The lowest BCUT2D eigenvalue weighted by Gasteiger charge is -2.37. The average Bonchev–Trinajstić information content (AvgIpc) is 3.79. The van der Waals surface area contributed by atoms with Gasteiger partial charge in [-0.05, 0) is 53.1 Å². The first kappa shape index (κ1) is 35.3. The van der Waals surface area contributed by atoms with E-state index in [0.717, 1.165) is 16.7 Å². The Bertz CT molecular complexity index is 2140. The van der Waals surface area contributed by atoms with Crippen molar-refractivity contribution in [3.8, 4) is 23.8 Å². The number of hydrogen-bond acceptors (Lipinski definition) is 10. The maximum Gasteiger partial charge on any atom is 0.256 e. The molecule has 4 atom stereocenters. The second kappa shape index (κ2) is 15.6. The Hall–Kier alpha value is -6.10. The number of fused-ring (bicyclic) bond motifs is 1. The van der Waals surface area contributed by atoms with Crippen LogP contribution in [-0.4, -0.2) is 76.3 Å². The van der Waals surface area contributed by atoms with Crippen LogP contribution in [0.4, 0.5) is 5.82 Å². The van der Waals surface area contributed by atoms with Gasteiger partial charge < -0.3 is 34.1 Å². The average molecular weight is 712 g/mol. The van der Waals surface area contributed by atoms with E-state index in [1.54, 1.807) is 43.1 Å². The van der Waals surface area contributed by atoms with Crippen LogP contribution < -0.4 is 14.8 Å². The lowest BCUT2D eigenvalue weighted by Crippen LogP contribution is -2.40. The number of anilines is 1. The van der Waals surface area contributed by atoms with Crippen molar-refractivity contribution < 1.29 is 33.6 Å². The van der Waals surface area contributed by atoms with Crippen LogP contribution in [0.15, 0.2) is 122 Å². The molecule has 0 saturated carbocycles. The van der Waals surface area contributed by atoms with Crippen molar-refractivity contribution >= 4 is 22.9 Å². The Kier molecular flexibility index (Phi) is 10.4. The van der Waals surface area contributed by atoms with Crippen molar-refractivity contribution in [2.75, 3.05) is 32.8 Å². The van der Waals surface area contributed by atoms with Gasteiger partial charge in [-0.15, -0.1) is 6.42 Å². The zero-order chi connectivity index (χ0) is 36.8. The Morgan fingerprint density at radius 1 is 0.868 bits per heavy atom. The molecule has 12 heteroatoms. The standard InChI is InChI=1S/C41H37N5O7/c1-4-23-51-36-35(47)33(53-40(36)46-26-44-34-37(42-25-43-38(34)46)45-39(48)27-11-7-5-8-12-27)24-52-41(28-13-9-6-10-14-28,29-15-19-31(49-2)20-16-29)30-17-21-32(50-3)22-18-30/h1,5-22,25-26,33,35-36,40,47H,23-24H2,2-3H3,(H,42,43,45,48)/t33?,35-,36?,40?/m1/s1. The van der Waals surface area contributed by atoms with Gasteiger partial charge in [0, 0.05) is 5.56 Å². The van der Waals surface area contributed by atoms with Crippen LogP contribution in [0.3, 0.4) is 0 Å². The predicted molar refractivity (Wildman–Crippen MR) is 196 cm³/mol. The van der Waals surface area contributed by atoms with Gasteiger partial charge in [0.25, 0.3) is 5.91 Å². The van der Waals surface area contributed by atoms with Gasteiger partial charge in [-0.1, -0.05) is 78.7 Å². The molecule has 12 nitrogen and oxygen atoms in total. The third kappa shape index (κ3) is 6.94. The van der Waals surface area contributed by atoms with E-state index in [1.807, 2.05) is 84.9 Å². The van der Waals surface area contributed by atoms with Gasteiger partial charge in [-0.2, -0.15) is 0 Å². The molecule has 0 bridgehead atoms. The highest BCUT2D eigenvalue weighted by Crippen LogP contribution is 2.43. The Labute approximate surface area is 306 Å². The first-order valence-electron chi connectivity index (χ1n) is 16.9. The quantitative estimate of drug-likeness (QED) is 0.119. The summed E-state index contributed by atoms with van der Waals surface area (Å²) in [5.41, 5.74) is 2.47. The van der Waals surface area contributed by atoms with Crippen molar-refractivity contribution in [2.24, 2.45) is 0 Å². The van der Waals surface area contributed by atoms with Gasteiger partial charge in [0.2, 0.25) is 0 Å². The van der Waals surface area contributed by atoms with Crippen molar-refractivity contribution in [1.29, 1.82) is 0 Å². The van der Waals surface area contributed by atoms with Crippen molar-refractivity contribution in [2.45, 2.75) is 30.1 Å². The number of carbonyl (C=O) groups excluding carboxylic acids is 1. The molecule has 1 fully saturated rings. The second-order valence-electron chi connectivity index (χ2n) is 12.2. The van der Waals surface area contributed by atoms with E-state index in [2.05, 4.69) is 26.2 Å². The van der Waals surface area contributed by atoms with Crippen LogP contribution in [0, 0.1) is 12.3 Å². The maximum atomic E-state index is 13.0. The fourth-order valence-electron chi connectivity index (χ4n) is 6.58. The molecule has 1 amide bonds. The van der Waals surface area contributed by atoms with E-state index >= 15 is 0 Å². The number of aromatic nitrogens is 4. The molecular weight excluding hydrogens is 674 g/mol. The SMILES string of the molecule is C#CCOC1C(n2cnc3c(NC(=O)c4ccccc4)ncnc32)OC(COC(c2ccccc2)(c2ccc(OC)cc2)c2ccc(OC)cc2)[C@H]1O. The van der Waals surface area contributed by atoms with E-state index in [-0.39, 0.29) is 24.9 Å². The maximum absolute atomic E-state index is 13.0. The number of aliphatic hydroxyl groups is 1. The summed E-state index contributed by atoms with van der Waals surface area (Å²) in [4.78, 5) is 26.2. The lowest BCUT2D eigenvalue weighted by atomic mass is 9.80. The Balaban J connectivity index is 1.24. The number of ether oxygens (including phenoxy) is 5. The number of nitrogens with one attached hydrogen (secondary N) is 1. The minimum absolute atomic E-state index is 0.0689. The molecule has 53 heavy (non-hydrogen) atoms. The van der Waals surface area contributed by atoms with Crippen LogP contribution in [0.2, 0.25) is 0 Å². The lowest BCUT2D eigenvalue weighted by molar-refractivity contribution is -0.0953. The molecule has 1 aliphatic heterocycles. The molecule has 2 N–H and O–H groups in total. The van der Waals surface area contributed by atoms with Gasteiger partial charge in [0.15, 0.2) is 23.2 Å². The summed E-state index contributed by atoms with van der Waals surface area (Å²) >= 11 is 0. The van der Waals surface area contributed by atoms with Crippen LogP contribution in [0.1, 0.15) is 33.3 Å². The summed E-state index contributed by atoms with van der Waals surface area (Å²) in [6.07, 6.45) is 4.50. The van der Waals surface area contributed by atoms with Crippen LogP contribution in [0.25, 0.3) is 11.2 Å². The summed E-state index contributed by atoms with van der Waals surface area (Å²) in [5.74, 6) is 3.73. The molecule has 3 unspecified atom stereocenters. The fraction of sp³-hybridized carbons (Fsp3) is 0.220. The minimum atomic E-state index is -1.18. The number of imidazole rings is 1. The normalized spacial score (nSPS) is 18.4. The van der Waals surface area contributed by atoms with Crippen LogP contribution in [0.5, 0.6) is 11.5 Å². The van der Waals surface area contributed by atoms with E-state index in [0.29, 0.717) is 28.2 Å². The molecule has 1 aliphatic rings. The highest BCUT2D eigenvalue weighted by Gasteiger charge is 2.48. The van der Waals surface area contributed by atoms with E-state index in [4.69, 9.17) is 30.1 Å². The molecule has 2 aromatic heterocycles. The molecule has 7 rings (SSSR count). The van der Waals surface area contributed by atoms with E-state index < -0.39 is 30.1 Å². The Morgan fingerprint density at radius 3 is 2.08 bits per heavy atom. The van der Waals surface area contributed by atoms with E-state index in [1.165, 1.54) is 12.7 Å². The number of amides is 1. The number of methoxy groups -OCH3 is 2. The first-order valence-corrected chi connectivity index (χ1v) is 16.9. The molecular formula is C41H37N5O7. The zero-order valence-electron chi connectivity index (χ0n) is 29.0. The molecule has 0 aliphatic carbocycles. The second-order valence-corrected chi connectivity index (χ2v) is 12.2. The Morgan fingerprint density at radius 2 is 1.47 bits per heavy atom. The zero-order valence-corrected chi connectivity index (χ0v) is 29.0. The molecule has 268 valence electrons. The molecule has 1 saturated heterocycles. The fourth-order valence-corrected chi connectivity index (χ4v) is 6.58. The number of carbonyl (C=O) groups is 1. The summed E-state index contributed by atoms with van der Waals surface area (Å²) in [6.45, 7) is -0.151. The number of benzene rings is 4. The van der Waals surface area contributed by atoms with Crippen molar-refractivity contribution in [1.82, 2.24) is 19.5 Å². The number of rotatable bonds is 13. The molecule has 3 heterocycles. The van der Waals surface area contributed by atoms with E-state index in [9.17, 15) is 9.90 Å². The minimum Gasteiger partial charge on any atom is -0.497 e. The summed E-state index contributed by atoms with van der Waals surface area (Å²) in [7, 11) is 3.23. The summed E-state index contributed by atoms with van der Waals surface area (Å²) in [6, 6.07) is 33.9. The summed E-state index contributed by atoms with van der Waals surface area (Å²) in [5, 5.41) is 14.6. The molecule has 6 aromatic rings. The van der Waals surface area contributed by atoms with Gasteiger partial charge >= 0.3 is 0 Å². The number of terminal acetylenes is 1.